The Labute approximate surface area is 43.4 Å². The summed E-state index contributed by atoms with van der Waals surface area (Å²) in [6.45, 7) is 0.588. The molecule has 0 fully saturated rings. The van der Waals surface area contributed by atoms with E-state index in [1.54, 1.807) is 6.08 Å². The lowest BCUT2D eigenvalue weighted by Crippen LogP contribution is -2.02. The first kappa shape index (κ1) is 4.88. The van der Waals surface area contributed by atoms with Crippen molar-refractivity contribution in [3.05, 3.63) is 12.0 Å². The van der Waals surface area contributed by atoms with Gasteiger partial charge in [0.15, 0.2) is 5.88 Å². The normalized spacial score (nSPS) is 23.7. The molecule has 4 heteroatoms. The van der Waals surface area contributed by atoms with Crippen molar-refractivity contribution in [2.45, 2.75) is 0 Å². The average Bonchev–Trinajstić information content (AvgIpc) is 1.69. The van der Waals surface area contributed by atoms with Gasteiger partial charge in [-0.25, -0.2) is 0 Å². The molecule has 3 nitrogen and oxygen atoms in total. The molecular weight excluding hydrogens is 113 g/mol. The van der Waals surface area contributed by atoms with Crippen LogP contribution in [0.4, 0.5) is 0 Å². The minimum atomic E-state index is 0.0887. The van der Waals surface area contributed by atoms with E-state index in [9.17, 15) is 0 Å². The summed E-state index contributed by atoms with van der Waals surface area (Å²) in [4.78, 5) is 0. The Bertz CT molecular complexity index is 92.9. The molecule has 0 saturated carbocycles. The van der Waals surface area contributed by atoms with Gasteiger partial charge in [-0.2, -0.15) is 0 Å². The largest absolute Gasteiger partial charge is 0.435 e. The quantitative estimate of drug-likeness (QED) is 0.467. The molecule has 1 heterocycles. The maximum absolute atomic E-state index is 5.20. The summed E-state index contributed by atoms with van der Waals surface area (Å²) in [5.41, 5.74) is 5.20. The van der Waals surface area contributed by atoms with Crippen molar-refractivity contribution in [2.75, 3.05) is 6.61 Å². The molecule has 0 spiro atoms. The summed E-state index contributed by atoms with van der Waals surface area (Å²) < 4.78 is 9.51. The molecule has 1 aliphatic rings. The van der Waals surface area contributed by atoms with E-state index in [2.05, 4.69) is 0 Å². The van der Waals surface area contributed by atoms with Gasteiger partial charge in [-0.3, -0.25) is 0 Å². The average molecular weight is 119 g/mol. The van der Waals surface area contributed by atoms with E-state index in [0.717, 1.165) is 0 Å². The fourth-order valence-corrected chi connectivity index (χ4v) is 0.667. The Kier molecular flexibility index (Phi) is 1.50. The molecule has 0 amide bonds. The fourth-order valence-electron chi connectivity index (χ4n) is 0.277. The minimum absolute atomic E-state index is 0.0887. The zero-order valence-electron chi connectivity index (χ0n) is 3.68. The predicted octanol–water partition coefficient (Wildman–Crippen LogP) is 0.342. The van der Waals surface area contributed by atoms with E-state index in [-0.39, 0.29) is 9.03 Å². The van der Waals surface area contributed by atoms with Crippen molar-refractivity contribution in [2.24, 2.45) is 5.73 Å². The van der Waals surface area contributed by atoms with Crippen LogP contribution in [0.15, 0.2) is 12.0 Å². The van der Waals surface area contributed by atoms with Crippen molar-refractivity contribution in [1.82, 2.24) is 0 Å². The first-order valence-electron chi connectivity index (χ1n) is 1.89. The summed E-state index contributed by atoms with van der Waals surface area (Å²) in [5, 5.41) is 0. The smallest absolute Gasteiger partial charge is 0.217 e. The van der Waals surface area contributed by atoms with E-state index in [4.69, 9.17) is 14.8 Å². The maximum atomic E-state index is 5.20. The molecular formula is C3H6NO2P. The summed E-state index contributed by atoms with van der Waals surface area (Å²) >= 11 is 0. The van der Waals surface area contributed by atoms with Crippen LogP contribution in [-0.4, -0.2) is 6.61 Å². The molecule has 1 aliphatic heterocycles. The Morgan fingerprint density at radius 1 is 1.86 bits per heavy atom. The van der Waals surface area contributed by atoms with Gasteiger partial charge in [-0.15, -0.1) is 0 Å². The van der Waals surface area contributed by atoms with E-state index < -0.39 is 0 Å². The Morgan fingerprint density at radius 2 is 2.71 bits per heavy atom. The maximum Gasteiger partial charge on any atom is 0.217 e. The highest BCUT2D eigenvalue weighted by atomic mass is 31.1. The Morgan fingerprint density at radius 3 is 3.00 bits per heavy atom. The third kappa shape index (κ3) is 1.33. The number of hydrogen-bond acceptors (Lipinski definition) is 3. The molecule has 0 aliphatic carbocycles. The topological polar surface area (TPSA) is 44.5 Å². The van der Waals surface area contributed by atoms with Crippen LogP contribution in [-0.2, 0) is 9.05 Å². The third-order valence-corrected chi connectivity index (χ3v) is 1.19. The molecule has 0 saturated heterocycles. The van der Waals surface area contributed by atoms with Gasteiger partial charge in [0, 0.05) is 6.08 Å². The second kappa shape index (κ2) is 2.15. The van der Waals surface area contributed by atoms with Gasteiger partial charge < -0.3 is 14.8 Å². The molecule has 2 N–H and O–H groups in total. The van der Waals surface area contributed by atoms with Crippen LogP contribution in [0.5, 0.6) is 0 Å². The Hall–Kier alpha value is -0.270. The SMILES string of the molecule is NC1=CCOPO1. The van der Waals surface area contributed by atoms with E-state index in [1.807, 2.05) is 0 Å². The minimum Gasteiger partial charge on any atom is -0.435 e. The van der Waals surface area contributed by atoms with Crippen LogP contribution in [0.3, 0.4) is 0 Å². The molecule has 0 aromatic carbocycles. The highest BCUT2D eigenvalue weighted by molar-refractivity contribution is 7.26. The molecule has 40 valence electrons. The van der Waals surface area contributed by atoms with Crippen LogP contribution in [0.1, 0.15) is 0 Å². The van der Waals surface area contributed by atoms with Gasteiger partial charge in [0.05, 0.1) is 6.61 Å². The van der Waals surface area contributed by atoms with Crippen LogP contribution >= 0.6 is 9.03 Å². The van der Waals surface area contributed by atoms with Crippen LogP contribution < -0.4 is 5.73 Å². The summed E-state index contributed by atoms with van der Waals surface area (Å²) in [6.07, 6.45) is 1.69. The first-order valence-corrected chi connectivity index (χ1v) is 2.70. The monoisotopic (exact) mass is 119 g/mol. The van der Waals surface area contributed by atoms with E-state index in [1.165, 1.54) is 0 Å². The number of rotatable bonds is 0. The second-order valence-corrected chi connectivity index (χ2v) is 1.76. The lowest BCUT2D eigenvalue weighted by Gasteiger charge is -2.08. The summed E-state index contributed by atoms with van der Waals surface area (Å²) in [7, 11) is 0.0887. The van der Waals surface area contributed by atoms with Gasteiger partial charge in [0.2, 0.25) is 9.03 Å². The van der Waals surface area contributed by atoms with E-state index >= 15 is 0 Å². The number of nitrogens with two attached hydrogens (primary N) is 1. The van der Waals surface area contributed by atoms with Crippen molar-refractivity contribution in [1.29, 1.82) is 0 Å². The molecule has 0 aromatic heterocycles. The standard InChI is InChI=1S/C3H6NO2P/c4-3-1-2-5-7-6-3/h1,7H,2,4H2. The predicted molar refractivity (Wildman–Crippen MR) is 27.6 cm³/mol. The van der Waals surface area contributed by atoms with Gasteiger partial charge in [-0.05, 0) is 0 Å². The van der Waals surface area contributed by atoms with Gasteiger partial charge in [0.25, 0.3) is 0 Å². The van der Waals surface area contributed by atoms with Crippen LogP contribution in [0.25, 0.3) is 0 Å². The molecule has 0 bridgehead atoms. The number of hydrogen-bond donors (Lipinski definition) is 1. The van der Waals surface area contributed by atoms with Crippen molar-refractivity contribution < 1.29 is 9.05 Å². The van der Waals surface area contributed by atoms with Crippen molar-refractivity contribution >= 4 is 9.03 Å². The van der Waals surface area contributed by atoms with Crippen molar-refractivity contribution in [3.63, 3.8) is 0 Å². The molecule has 0 radical (unpaired) electrons. The van der Waals surface area contributed by atoms with Gasteiger partial charge in [0.1, 0.15) is 0 Å². The highest BCUT2D eigenvalue weighted by Gasteiger charge is 1.96. The Balaban J connectivity index is 2.40. The lowest BCUT2D eigenvalue weighted by molar-refractivity contribution is 0.305. The van der Waals surface area contributed by atoms with Crippen LogP contribution in [0.2, 0.25) is 0 Å². The summed E-state index contributed by atoms with van der Waals surface area (Å²) in [6, 6.07) is 0. The zero-order valence-corrected chi connectivity index (χ0v) is 4.68. The molecule has 1 unspecified atom stereocenters. The third-order valence-electron chi connectivity index (χ3n) is 0.586. The first-order chi connectivity index (χ1) is 3.39. The second-order valence-electron chi connectivity index (χ2n) is 1.10. The molecule has 1 atom stereocenters. The summed E-state index contributed by atoms with van der Waals surface area (Å²) in [5.74, 6) is 0.476. The highest BCUT2D eigenvalue weighted by Crippen LogP contribution is 2.20. The molecule has 1 rings (SSSR count). The molecule has 0 aromatic rings. The van der Waals surface area contributed by atoms with E-state index in [0.29, 0.717) is 12.5 Å². The van der Waals surface area contributed by atoms with Crippen LogP contribution in [0, 0.1) is 0 Å². The van der Waals surface area contributed by atoms with Crippen molar-refractivity contribution in [3.8, 4) is 0 Å². The van der Waals surface area contributed by atoms with Gasteiger partial charge >= 0.3 is 0 Å². The fraction of sp³-hybridized carbons (Fsp3) is 0.333. The lowest BCUT2D eigenvalue weighted by atomic mass is 10.6. The zero-order chi connectivity index (χ0) is 5.11. The van der Waals surface area contributed by atoms with Gasteiger partial charge in [-0.1, -0.05) is 0 Å². The molecule has 7 heavy (non-hydrogen) atoms.